The molecule has 1 aliphatic carbocycles. The zero-order valence-electron chi connectivity index (χ0n) is 12.4. The van der Waals surface area contributed by atoms with Crippen LogP contribution in [-0.4, -0.2) is 30.1 Å². The van der Waals surface area contributed by atoms with Gasteiger partial charge in [0.15, 0.2) is 0 Å². The predicted molar refractivity (Wildman–Crippen MR) is 85.2 cm³/mol. The maximum atomic E-state index is 11.7. The molecule has 0 aromatic carbocycles. The number of hydrogen-bond acceptors (Lipinski definition) is 4. The van der Waals surface area contributed by atoms with Crippen molar-refractivity contribution in [1.82, 2.24) is 15.6 Å². The summed E-state index contributed by atoms with van der Waals surface area (Å²) < 4.78 is 0. The number of nitrogens with one attached hydrogen (secondary N) is 3. The van der Waals surface area contributed by atoms with Crippen LogP contribution >= 0.6 is 0 Å². The molecule has 1 aromatic heterocycles. The molecule has 1 saturated carbocycles. The van der Waals surface area contributed by atoms with Gasteiger partial charge >= 0.3 is 6.03 Å². The average Bonchev–Trinajstić information content (AvgIpc) is 2.50. The van der Waals surface area contributed by atoms with Crippen LogP contribution < -0.4 is 21.7 Å². The standard InChI is InChI=1S/C15H25N5O/c16-14-8-7-13(11-19-14)17-9-4-10-18-15(21)20-12-5-2-1-3-6-12/h7-8,11-12,17H,1-6,9-10H2,(H2,16,19)(H2,18,20,21). The molecule has 0 aliphatic heterocycles. The average molecular weight is 291 g/mol. The Kier molecular flexibility index (Phi) is 6.12. The van der Waals surface area contributed by atoms with E-state index < -0.39 is 0 Å². The number of rotatable bonds is 6. The van der Waals surface area contributed by atoms with E-state index in [0.717, 1.165) is 31.5 Å². The number of nitrogens with two attached hydrogens (primary N) is 1. The number of urea groups is 1. The summed E-state index contributed by atoms with van der Waals surface area (Å²) >= 11 is 0. The topological polar surface area (TPSA) is 92.1 Å². The van der Waals surface area contributed by atoms with Crippen LogP contribution in [0.15, 0.2) is 18.3 Å². The molecule has 0 bridgehead atoms. The normalized spacial score (nSPS) is 15.4. The van der Waals surface area contributed by atoms with Crippen LogP contribution in [0, 0.1) is 0 Å². The lowest BCUT2D eigenvalue weighted by Crippen LogP contribution is -2.43. The fourth-order valence-corrected chi connectivity index (χ4v) is 2.52. The number of amides is 2. The van der Waals surface area contributed by atoms with Crippen LogP contribution in [0.3, 0.4) is 0 Å². The third-order valence-corrected chi connectivity index (χ3v) is 3.69. The van der Waals surface area contributed by atoms with E-state index in [0.29, 0.717) is 18.4 Å². The zero-order chi connectivity index (χ0) is 14.9. The van der Waals surface area contributed by atoms with Crippen molar-refractivity contribution >= 4 is 17.5 Å². The van der Waals surface area contributed by atoms with Gasteiger partial charge in [-0.15, -0.1) is 0 Å². The Balaban J connectivity index is 1.52. The highest BCUT2D eigenvalue weighted by Crippen LogP contribution is 2.17. The molecule has 1 fully saturated rings. The Bertz CT molecular complexity index is 428. The fourth-order valence-electron chi connectivity index (χ4n) is 2.52. The molecule has 6 nitrogen and oxygen atoms in total. The minimum Gasteiger partial charge on any atom is -0.384 e. The zero-order valence-corrected chi connectivity index (χ0v) is 12.4. The van der Waals surface area contributed by atoms with Gasteiger partial charge in [-0.2, -0.15) is 0 Å². The van der Waals surface area contributed by atoms with E-state index in [4.69, 9.17) is 5.73 Å². The van der Waals surface area contributed by atoms with E-state index in [1.165, 1.54) is 19.3 Å². The Morgan fingerprint density at radius 3 is 2.76 bits per heavy atom. The van der Waals surface area contributed by atoms with Crippen molar-refractivity contribution in [3.05, 3.63) is 18.3 Å². The molecule has 0 unspecified atom stereocenters. The highest BCUT2D eigenvalue weighted by Gasteiger charge is 2.14. The summed E-state index contributed by atoms with van der Waals surface area (Å²) in [6, 6.07) is 3.97. The van der Waals surface area contributed by atoms with Gasteiger partial charge in [0.05, 0.1) is 11.9 Å². The predicted octanol–water partition coefficient (Wildman–Crippen LogP) is 2.10. The van der Waals surface area contributed by atoms with Crippen molar-refractivity contribution in [3.63, 3.8) is 0 Å². The highest BCUT2D eigenvalue weighted by molar-refractivity contribution is 5.74. The van der Waals surface area contributed by atoms with E-state index in [9.17, 15) is 4.79 Å². The summed E-state index contributed by atoms with van der Waals surface area (Å²) in [5, 5.41) is 9.18. The summed E-state index contributed by atoms with van der Waals surface area (Å²) in [5.74, 6) is 0.515. The van der Waals surface area contributed by atoms with Crippen LogP contribution in [0.25, 0.3) is 0 Å². The first-order valence-electron chi connectivity index (χ1n) is 7.74. The fraction of sp³-hybridized carbons (Fsp3) is 0.600. The van der Waals surface area contributed by atoms with E-state index >= 15 is 0 Å². The largest absolute Gasteiger partial charge is 0.384 e. The second-order valence-corrected chi connectivity index (χ2v) is 5.49. The molecule has 0 saturated heterocycles. The van der Waals surface area contributed by atoms with Crippen LogP contribution in [0.2, 0.25) is 0 Å². The molecule has 21 heavy (non-hydrogen) atoms. The molecule has 116 valence electrons. The first-order valence-corrected chi connectivity index (χ1v) is 7.74. The van der Waals surface area contributed by atoms with Crippen molar-refractivity contribution in [2.24, 2.45) is 0 Å². The minimum atomic E-state index is -0.0453. The van der Waals surface area contributed by atoms with Crippen molar-refractivity contribution in [2.45, 2.75) is 44.6 Å². The molecule has 1 aliphatic rings. The summed E-state index contributed by atoms with van der Waals surface area (Å²) in [6.07, 6.45) is 8.54. The summed E-state index contributed by atoms with van der Waals surface area (Å²) in [6.45, 7) is 1.45. The first-order chi connectivity index (χ1) is 10.2. The first kappa shape index (κ1) is 15.4. The Labute approximate surface area is 125 Å². The van der Waals surface area contributed by atoms with E-state index in [2.05, 4.69) is 20.9 Å². The van der Waals surface area contributed by atoms with Gasteiger partial charge < -0.3 is 21.7 Å². The van der Waals surface area contributed by atoms with E-state index in [-0.39, 0.29) is 6.03 Å². The summed E-state index contributed by atoms with van der Waals surface area (Å²) in [4.78, 5) is 15.7. The summed E-state index contributed by atoms with van der Waals surface area (Å²) in [5.41, 5.74) is 6.46. The molecule has 2 amide bonds. The molecular weight excluding hydrogens is 266 g/mol. The third kappa shape index (κ3) is 5.89. The lowest BCUT2D eigenvalue weighted by Gasteiger charge is -2.22. The molecule has 0 spiro atoms. The van der Waals surface area contributed by atoms with Gasteiger partial charge in [-0.25, -0.2) is 9.78 Å². The number of carbonyl (C=O) groups is 1. The van der Waals surface area contributed by atoms with Crippen LogP contribution in [0.1, 0.15) is 38.5 Å². The Morgan fingerprint density at radius 2 is 2.05 bits per heavy atom. The highest BCUT2D eigenvalue weighted by atomic mass is 16.2. The molecule has 2 rings (SSSR count). The lowest BCUT2D eigenvalue weighted by atomic mass is 9.96. The van der Waals surface area contributed by atoms with Gasteiger partial charge in [0.1, 0.15) is 5.82 Å². The molecule has 1 heterocycles. The second-order valence-electron chi connectivity index (χ2n) is 5.49. The van der Waals surface area contributed by atoms with Gasteiger partial charge in [-0.1, -0.05) is 19.3 Å². The molecule has 0 atom stereocenters. The van der Waals surface area contributed by atoms with E-state index in [1.54, 1.807) is 12.3 Å². The SMILES string of the molecule is Nc1ccc(NCCCNC(=O)NC2CCCCC2)cn1. The number of pyridine rings is 1. The molecular formula is C15H25N5O. The van der Waals surface area contributed by atoms with Crippen molar-refractivity contribution in [2.75, 3.05) is 24.1 Å². The Morgan fingerprint density at radius 1 is 1.24 bits per heavy atom. The van der Waals surface area contributed by atoms with Crippen LogP contribution in [0.4, 0.5) is 16.3 Å². The smallest absolute Gasteiger partial charge is 0.315 e. The number of aromatic nitrogens is 1. The monoisotopic (exact) mass is 291 g/mol. The van der Waals surface area contributed by atoms with Gasteiger partial charge in [0.2, 0.25) is 0 Å². The van der Waals surface area contributed by atoms with Gasteiger partial charge in [0.25, 0.3) is 0 Å². The van der Waals surface area contributed by atoms with Crippen molar-refractivity contribution in [3.8, 4) is 0 Å². The van der Waals surface area contributed by atoms with Crippen LogP contribution in [0.5, 0.6) is 0 Å². The molecule has 0 radical (unpaired) electrons. The molecule has 5 N–H and O–H groups in total. The van der Waals surface area contributed by atoms with E-state index in [1.807, 2.05) is 6.07 Å². The van der Waals surface area contributed by atoms with Gasteiger partial charge in [-0.3, -0.25) is 0 Å². The summed E-state index contributed by atoms with van der Waals surface area (Å²) in [7, 11) is 0. The van der Waals surface area contributed by atoms with Gasteiger partial charge in [-0.05, 0) is 31.4 Å². The molecule has 1 aromatic rings. The van der Waals surface area contributed by atoms with Crippen molar-refractivity contribution in [1.29, 1.82) is 0 Å². The van der Waals surface area contributed by atoms with Gasteiger partial charge in [0, 0.05) is 19.1 Å². The maximum Gasteiger partial charge on any atom is 0.315 e. The number of hydrogen-bond donors (Lipinski definition) is 4. The Hall–Kier alpha value is -1.98. The molecule has 6 heteroatoms. The third-order valence-electron chi connectivity index (χ3n) is 3.69. The van der Waals surface area contributed by atoms with Crippen LogP contribution in [-0.2, 0) is 0 Å². The lowest BCUT2D eigenvalue weighted by molar-refractivity contribution is 0.232. The quantitative estimate of drug-likeness (QED) is 0.604. The number of nitrogen functional groups attached to an aromatic ring is 1. The van der Waals surface area contributed by atoms with Crippen molar-refractivity contribution < 1.29 is 4.79 Å². The minimum absolute atomic E-state index is 0.0453. The second kappa shape index (κ2) is 8.34. The maximum absolute atomic E-state index is 11.7. The number of anilines is 2. The number of carbonyl (C=O) groups excluding carboxylic acids is 1. The number of nitrogens with zero attached hydrogens (tertiary/aromatic N) is 1.